The Bertz CT molecular complexity index is 928. The number of amides is 1. The molecule has 0 unspecified atom stereocenters. The van der Waals surface area contributed by atoms with Crippen LogP contribution in [0.1, 0.15) is 15.9 Å². The molecule has 3 heteroatoms. The van der Waals surface area contributed by atoms with Crippen LogP contribution in [0.3, 0.4) is 0 Å². The highest BCUT2D eigenvalue weighted by atomic mass is 16.5. The van der Waals surface area contributed by atoms with Crippen LogP contribution in [-0.4, -0.2) is 19.1 Å². The molecule has 0 saturated carbocycles. The Morgan fingerprint density at radius 1 is 0.960 bits per heavy atom. The molecule has 1 N–H and O–H groups in total. The van der Waals surface area contributed by atoms with Crippen molar-refractivity contribution in [1.82, 2.24) is 5.32 Å². The third kappa shape index (κ3) is 4.39. The molecule has 0 aliphatic carbocycles. The molecular formula is C22H19NO2. The second-order valence-corrected chi connectivity index (χ2v) is 5.67. The van der Waals surface area contributed by atoms with E-state index in [0.29, 0.717) is 12.1 Å². The highest BCUT2D eigenvalue weighted by Gasteiger charge is 2.02. The third-order valence-corrected chi connectivity index (χ3v) is 3.83. The summed E-state index contributed by atoms with van der Waals surface area (Å²) in [4.78, 5) is 11.9. The lowest BCUT2D eigenvalue weighted by molar-refractivity contribution is 0.0958. The van der Waals surface area contributed by atoms with Gasteiger partial charge in [-0.25, -0.2) is 0 Å². The first-order chi connectivity index (χ1) is 12.2. The Morgan fingerprint density at radius 2 is 1.72 bits per heavy atom. The van der Waals surface area contributed by atoms with Gasteiger partial charge in [0.15, 0.2) is 0 Å². The van der Waals surface area contributed by atoms with Crippen LogP contribution in [0.25, 0.3) is 10.8 Å². The van der Waals surface area contributed by atoms with Crippen LogP contribution in [0, 0.1) is 18.8 Å². The Labute approximate surface area is 147 Å². The van der Waals surface area contributed by atoms with E-state index in [0.717, 1.165) is 22.1 Å². The molecule has 0 atom stereocenters. The summed E-state index contributed by atoms with van der Waals surface area (Å²) < 4.78 is 5.74. The number of rotatable bonds is 4. The van der Waals surface area contributed by atoms with Crippen molar-refractivity contribution in [2.45, 2.75) is 6.92 Å². The summed E-state index contributed by atoms with van der Waals surface area (Å²) in [5.74, 6) is 6.53. The number of aryl methyl sites for hydroxylation is 1. The van der Waals surface area contributed by atoms with Gasteiger partial charge in [0.2, 0.25) is 0 Å². The number of nitrogens with one attached hydrogen (secondary N) is 1. The first-order valence-electron chi connectivity index (χ1n) is 8.15. The van der Waals surface area contributed by atoms with Gasteiger partial charge in [-0.15, -0.1) is 0 Å². The minimum Gasteiger partial charge on any atom is -0.480 e. The smallest absolute Gasteiger partial charge is 0.252 e. The molecule has 25 heavy (non-hydrogen) atoms. The van der Waals surface area contributed by atoms with Gasteiger partial charge in [-0.3, -0.25) is 4.79 Å². The largest absolute Gasteiger partial charge is 0.480 e. The van der Waals surface area contributed by atoms with Gasteiger partial charge in [0, 0.05) is 10.9 Å². The molecule has 0 aliphatic rings. The van der Waals surface area contributed by atoms with Crippen molar-refractivity contribution in [1.29, 1.82) is 0 Å². The molecule has 0 fully saturated rings. The molecule has 3 aromatic rings. The quantitative estimate of drug-likeness (QED) is 0.736. The van der Waals surface area contributed by atoms with Crippen LogP contribution in [0.5, 0.6) is 5.75 Å². The van der Waals surface area contributed by atoms with Gasteiger partial charge in [0.25, 0.3) is 5.91 Å². The zero-order valence-corrected chi connectivity index (χ0v) is 14.1. The standard InChI is InChI=1S/C22H19NO2/c1-17-11-13-19(14-12-17)22(24)23-15-4-5-16-25-21-10-6-8-18-7-2-3-9-20(18)21/h2-3,6-14H,15-16H2,1H3,(H,23,24). The molecule has 0 spiro atoms. The van der Waals surface area contributed by atoms with Crippen molar-refractivity contribution < 1.29 is 9.53 Å². The third-order valence-electron chi connectivity index (χ3n) is 3.83. The fraction of sp³-hybridized carbons (Fsp3) is 0.136. The molecule has 0 heterocycles. The molecule has 124 valence electrons. The molecule has 3 rings (SSSR count). The number of hydrogen-bond acceptors (Lipinski definition) is 2. The highest BCUT2D eigenvalue weighted by Crippen LogP contribution is 2.24. The Hall–Kier alpha value is -3.25. The van der Waals surface area contributed by atoms with E-state index in [1.807, 2.05) is 61.5 Å². The lowest BCUT2D eigenvalue weighted by atomic mass is 10.1. The predicted molar refractivity (Wildman–Crippen MR) is 101 cm³/mol. The average Bonchev–Trinajstić information content (AvgIpc) is 2.65. The van der Waals surface area contributed by atoms with E-state index in [4.69, 9.17) is 4.74 Å². The average molecular weight is 329 g/mol. The fourth-order valence-electron chi connectivity index (χ4n) is 2.48. The van der Waals surface area contributed by atoms with Crippen LogP contribution in [0.2, 0.25) is 0 Å². The minimum absolute atomic E-state index is 0.121. The summed E-state index contributed by atoms with van der Waals surface area (Å²) in [5, 5.41) is 4.98. The molecule has 0 aliphatic heterocycles. The van der Waals surface area contributed by atoms with Crippen molar-refractivity contribution in [3.8, 4) is 17.6 Å². The van der Waals surface area contributed by atoms with Gasteiger partial charge in [0.1, 0.15) is 12.4 Å². The fourth-order valence-corrected chi connectivity index (χ4v) is 2.48. The molecule has 0 radical (unpaired) electrons. The van der Waals surface area contributed by atoms with E-state index >= 15 is 0 Å². The van der Waals surface area contributed by atoms with Crippen molar-refractivity contribution in [3.05, 3.63) is 77.9 Å². The van der Waals surface area contributed by atoms with Crippen molar-refractivity contribution in [3.63, 3.8) is 0 Å². The normalized spacial score (nSPS) is 9.96. The van der Waals surface area contributed by atoms with Gasteiger partial charge < -0.3 is 10.1 Å². The van der Waals surface area contributed by atoms with Crippen molar-refractivity contribution in [2.75, 3.05) is 13.2 Å². The first-order valence-corrected chi connectivity index (χ1v) is 8.15. The van der Waals surface area contributed by atoms with Gasteiger partial charge >= 0.3 is 0 Å². The summed E-state index contributed by atoms with van der Waals surface area (Å²) in [7, 11) is 0. The molecule has 0 aromatic heterocycles. The van der Waals surface area contributed by atoms with Crippen molar-refractivity contribution in [2.24, 2.45) is 0 Å². The van der Waals surface area contributed by atoms with Crippen LogP contribution < -0.4 is 10.1 Å². The van der Waals surface area contributed by atoms with E-state index in [1.54, 1.807) is 0 Å². The monoisotopic (exact) mass is 329 g/mol. The lowest BCUT2D eigenvalue weighted by Crippen LogP contribution is -2.23. The van der Waals surface area contributed by atoms with Gasteiger partial charge in [-0.05, 0) is 30.5 Å². The minimum atomic E-state index is -0.121. The predicted octanol–water partition coefficient (Wildman–Crippen LogP) is 3.96. The Morgan fingerprint density at radius 3 is 2.56 bits per heavy atom. The van der Waals surface area contributed by atoms with E-state index < -0.39 is 0 Å². The second kappa shape index (κ2) is 8.03. The van der Waals surface area contributed by atoms with Crippen LogP contribution >= 0.6 is 0 Å². The first kappa shape index (κ1) is 16.6. The zero-order chi connectivity index (χ0) is 17.5. The van der Waals surface area contributed by atoms with Gasteiger partial charge in [-0.2, -0.15) is 0 Å². The molecule has 0 bridgehead atoms. The number of fused-ring (bicyclic) bond motifs is 1. The highest BCUT2D eigenvalue weighted by molar-refractivity contribution is 5.94. The molecule has 3 aromatic carbocycles. The summed E-state index contributed by atoms with van der Waals surface area (Å²) >= 11 is 0. The number of carbonyl (C=O) groups is 1. The number of hydrogen-bond donors (Lipinski definition) is 1. The topological polar surface area (TPSA) is 38.3 Å². The van der Waals surface area contributed by atoms with Crippen molar-refractivity contribution >= 4 is 16.7 Å². The maximum Gasteiger partial charge on any atom is 0.252 e. The summed E-state index contributed by atoms with van der Waals surface area (Å²) in [5.41, 5.74) is 1.77. The SMILES string of the molecule is Cc1ccc(C(=O)NCC#CCOc2cccc3ccccc23)cc1. The lowest BCUT2D eigenvalue weighted by Gasteiger charge is -2.06. The zero-order valence-electron chi connectivity index (χ0n) is 14.1. The molecule has 3 nitrogen and oxygen atoms in total. The van der Waals surface area contributed by atoms with E-state index in [2.05, 4.69) is 29.3 Å². The molecule has 1 amide bonds. The Kier molecular flexibility index (Phi) is 5.33. The van der Waals surface area contributed by atoms with Crippen LogP contribution in [0.15, 0.2) is 66.7 Å². The van der Waals surface area contributed by atoms with Crippen LogP contribution in [-0.2, 0) is 0 Å². The molecule has 0 saturated heterocycles. The van der Waals surface area contributed by atoms with Gasteiger partial charge in [-0.1, -0.05) is 65.9 Å². The summed E-state index contributed by atoms with van der Waals surface area (Å²) in [6.07, 6.45) is 0. The van der Waals surface area contributed by atoms with Crippen LogP contribution in [0.4, 0.5) is 0 Å². The van der Waals surface area contributed by atoms with E-state index in [9.17, 15) is 4.79 Å². The number of carbonyl (C=O) groups excluding carboxylic acids is 1. The number of benzene rings is 3. The Balaban J connectivity index is 1.50. The van der Waals surface area contributed by atoms with Gasteiger partial charge in [0.05, 0.1) is 6.54 Å². The summed E-state index contributed by atoms with van der Waals surface area (Å²) in [6.45, 7) is 2.57. The second-order valence-electron chi connectivity index (χ2n) is 5.67. The maximum absolute atomic E-state index is 11.9. The molecular weight excluding hydrogens is 310 g/mol. The van der Waals surface area contributed by atoms with E-state index in [1.165, 1.54) is 0 Å². The van der Waals surface area contributed by atoms with E-state index in [-0.39, 0.29) is 12.5 Å². The maximum atomic E-state index is 11.9. The summed E-state index contributed by atoms with van der Waals surface area (Å²) in [6, 6.07) is 21.5. The number of ether oxygens (including phenoxy) is 1.